The van der Waals surface area contributed by atoms with Gasteiger partial charge >= 0.3 is 6.18 Å². The molecule has 2 aromatic carbocycles. The molecule has 2 aromatic rings. The van der Waals surface area contributed by atoms with E-state index in [0.29, 0.717) is 12.2 Å². The molecule has 140 valence electrons. The van der Waals surface area contributed by atoms with Crippen LogP contribution >= 0.6 is 0 Å². The molecule has 1 aliphatic rings. The van der Waals surface area contributed by atoms with Crippen molar-refractivity contribution < 1.29 is 22.6 Å². The van der Waals surface area contributed by atoms with Crippen molar-refractivity contribution >= 4 is 0 Å². The van der Waals surface area contributed by atoms with Crippen molar-refractivity contribution in [1.82, 2.24) is 5.32 Å². The van der Waals surface area contributed by atoms with Gasteiger partial charge in [0.15, 0.2) is 11.5 Å². The lowest BCUT2D eigenvalue weighted by molar-refractivity contribution is -0.137. The molecule has 0 aliphatic carbocycles. The Hall–Kier alpha value is -2.21. The third-order valence-electron chi connectivity index (χ3n) is 4.81. The molecule has 1 N–H and O–H groups in total. The molecule has 0 saturated carbocycles. The minimum absolute atomic E-state index is 0.140. The molecule has 0 fully saturated rings. The van der Waals surface area contributed by atoms with Crippen LogP contribution in [0.15, 0.2) is 36.4 Å². The summed E-state index contributed by atoms with van der Waals surface area (Å²) >= 11 is 0. The summed E-state index contributed by atoms with van der Waals surface area (Å²) in [5, 5.41) is 3.49. The Balaban J connectivity index is 1.74. The molecular weight excluding hydrogens is 343 g/mol. The third kappa shape index (κ3) is 3.96. The number of ether oxygens (including phenoxy) is 2. The maximum atomic E-state index is 12.7. The van der Waals surface area contributed by atoms with Gasteiger partial charge in [-0.3, -0.25) is 0 Å². The molecule has 6 heteroatoms. The summed E-state index contributed by atoms with van der Waals surface area (Å²) < 4.78 is 48.8. The normalized spacial score (nSPS) is 16.9. The number of rotatable bonds is 5. The van der Waals surface area contributed by atoms with Crippen molar-refractivity contribution in [3.8, 4) is 11.5 Å². The predicted octanol–water partition coefficient (Wildman–Crippen LogP) is 4.54. The number of aryl methyl sites for hydroxylation is 1. The zero-order valence-electron chi connectivity index (χ0n) is 14.8. The van der Waals surface area contributed by atoms with E-state index in [2.05, 4.69) is 5.32 Å². The quantitative estimate of drug-likeness (QED) is 0.844. The first-order chi connectivity index (χ1) is 12.4. The number of benzene rings is 2. The van der Waals surface area contributed by atoms with Crippen molar-refractivity contribution in [2.24, 2.45) is 0 Å². The number of methoxy groups -OCH3 is 2. The van der Waals surface area contributed by atoms with Gasteiger partial charge in [0.25, 0.3) is 0 Å². The van der Waals surface area contributed by atoms with E-state index >= 15 is 0 Å². The Morgan fingerprint density at radius 1 is 1.04 bits per heavy atom. The van der Waals surface area contributed by atoms with E-state index in [-0.39, 0.29) is 6.04 Å². The Morgan fingerprint density at radius 3 is 2.31 bits per heavy atom. The summed E-state index contributed by atoms with van der Waals surface area (Å²) in [6.07, 6.45) is -1.89. The zero-order chi connectivity index (χ0) is 18.7. The van der Waals surface area contributed by atoms with Gasteiger partial charge in [0.2, 0.25) is 0 Å². The fourth-order valence-electron chi connectivity index (χ4n) is 3.40. The number of nitrogens with one attached hydrogen (secondary N) is 1. The van der Waals surface area contributed by atoms with Crippen molar-refractivity contribution in [2.75, 3.05) is 20.8 Å². The number of alkyl halides is 3. The SMILES string of the molecule is COc1cc2c(cc1OC)[C@@H](CCc1ccc(C(F)(F)F)cc1)NCC2. The Morgan fingerprint density at radius 2 is 1.69 bits per heavy atom. The van der Waals surface area contributed by atoms with E-state index in [1.165, 1.54) is 11.1 Å². The number of halogens is 3. The van der Waals surface area contributed by atoms with Gasteiger partial charge in [-0.05, 0) is 66.8 Å². The van der Waals surface area contributed by atoms with Gasteiger partial charge in [0.1, 0.15) is 0 Å². The molecule has 3 nitrogen and oxygen atoms in total. The first kappa shape index (κ1) is 18.6. The van der Waals surface area contributed by atoms with E-state index in [9.17, 15) is 13.2 Å². The maximum absolute atomic E-state index is 12.7. The maximum Gasteiger partial charge on any atom is 0.416 e. The van der Waals surface area contributed by atoms with Crippen molar-refractivity contribution in [1.29, 1.82) is 0 Å². The van der Waals surface area contributed by atoms with Gasteiger partial charge < -0.3 is 14.8 Å². The average Bonchev–Trinajstić information content (AvgIpc) is 2.64. The highest BCUT2D eigenvalue weighted by molar-refractivity contribution is 5.49. The van der Waals surface area contributed by atoms with Gasteiger partial charge in [-0.2, -0.15) is 13.2 Å². The highest BCUT2D eigenvalue weighted by atomic mass is 19.4. The zero-order valence-corrected chi connectivity index (χ0v) is 14.8. The van der Waals surface area contributed by atoms with E-state index in [4.69, 9.17) is 9.47 Å². The topological polar surface area (TPSA) is 30.5 Å². The highest BCUT2D eigenvalue weighted by Gasteiger charge is 2.30. The van der Waals surface area contributed by atoms with Crippen LogP contribution in [0, 0.1) is 0 Å². The molecule has 3 rings (SSSR count). The summed E-state index contributed by atoms with van der Waals surface area (Å²) in [5.74, 6) is 1.41. The fourth-order valence-corrected chi connectivity index (χ4v) is 3.40. The summed E-state index contributed by atoms with van der Waals surface area (Å²) in [5.41, 5.74) is 2.67. The van der Waals surface area contributed by atoms with Gasteiger partial charge in [-0.1, -0.05) is 12.1 Å². The molecule has 0 amide bonds. The van der Waals surface area contributed by atoms with Crippen molar-refractivity contribution in [3.05, 3.63) is 58.7 Å². The van der Waals surface area contributed by atoms with Crippen LogP contribution in [0.25, 0.3) is 0 Å². The standard InChI is InChI=1S/C20H22F3NO2/c1-25-18-11-14-9-10-24-17(16(14)12-19(18)26-2)8-5-13-3-6-15(7-4-13)20(21,22)23/h3-4,6-7,11-12,17,24H,5,8-10H2,1-2H3/t17-/m1/s1. The molecule has 26 heavy (non-hydrogen) atoms. The second-order valence-electron chi connectivity index (χ2n) is 6.40. The number of hydrogen-bond acceptors (Lipinski definition) is 3. The van der Waals surface area contributed by atoms with Gasteiger partial charge in [-0.25, -0.2) is 0 Å². The molecule has 1 atom stereocenters. The molecule has 1 aliphatic heterocycles. The first-order valence-electron chi connectivity index (χ1n) is 8.56. The summed E-state index contributed by atoms with van der Waals surface area (Å²) in [4.78, 5) is 0. The van der Waals surface area contributed by atoms with Gasteiger partial charge in [-0.15, -0.1) is 0 Å². The van der Waals surface area contributed by atoms with Gasteiger partial charge in [0, 0.05) is 6.04 Å². The second kappa shape index (κ2) is 7.58. The number of fused-ring (bicyclic) bond motifs is 1. The van der Waals surface area contributed by atoms with Crippen LogP contribution in [-0.4, -0.2) is 20.8 Å². The summed E-state index contributed by atoms with van der Waals surface area (Å²) in [7, 11) is 3.23. The largest absolute Gasteiger partial charge is 0.493 e. The Bertz CT molecular complexity index is 757. The van der Waals surface area contributed by atoms with E-state index in [1.54, 1.807) is 26.4 Å². The van der Waals surface area contributed by atoms with Crippen LogP contribution in [0.5, 0.6) is 11.5 Å². The minimum Gasteiger partial charge on any atom is -0.493 e. The molecule has 0 spiro atoms. The van der Waals surface area contributed by atoms with Crippen molar-refractivity contribution in [2.45, 2.75) is 31.5 Å². The smallest absolute Gasteiger partial charge is 0.416 e. The molecule has 0 unspecified atom stereocenters. The van der Waals surface area contributed by atoms with Crippen LogP contribution < -0.4 is 14.8 Å². The van der Waals surface area contributed by atoms with Crippen LogP contribution in [0.1, 0.15) is 34.7 Å². The highest BCUT2D eigenvalue weighted by Crippen LogP contribution is 2.36. The average molecular weight is 365 g/mol. The Labute approximate surface area is 151 Å². The molecule has 0 bridgehead atoms. The molecule has 0 aromatic heterocycles. The third-order valence-corrected chi connectivity index (χ3v) is 4.81. The molecule has 1 heterocycles. The monoisotopic (exact) mass is 365 g/mol. The molecule has 0 radical (unpaired) electrons. The summed E-state index contributed by atoms with van der Waals surface area (Å²) in [6, 6.07) is 9.55. The first-order valence-corrected chi connectivity index (χ1v) is 8.56. The van der Waals surface area contributed by atoms with Gasteiger partial charge in [0.05, 0.1) is 19.8 Å². The predicted molar refractivity (Wildman–Crippen MR) is 93.8 cm³/mol. The van der Waals surface area contributed by atoms with E-state index in [0.717, 1.165) is 42.8 Å². The second-order valence-corrected chi connectivity index (χ2v) is 6.40. The van der Waals surface area contributed by atoms with Crippen molar-refractivity contribution in [3.63, 3.8) is 0 Å². The number of hydrogen-bond donors (Lipinski definition) is 1. The Kier molecular flexibility index (Phi) is 5.41. The lowest BCUT2D eigenvalue weighted by Gasteiger charge is -2.28. The van der Waals surface area contributed by atoms with E-state index in [1.807, 2.05) is 12.1 Å². The minimum atomic E-state index is -4.29. The van der Waals surface area contributed by atoms with Crippen LogP contribution in [0.3, 0.4) is 0 Å². The van der Waals surface area contributed by atoms with Crippen LogP contribution in [0.4, 0.5) is 13.2 Å². The molecular formula is C20H22F3NO2. The van der Waals surface area contributed by atoms with Crippen LogP contribution in [-0.2, 0) is 19.0 Å². The summed E-state index contributed by atoms with van der Waals surface area (Å²) in [6.45, 7) is 0.861. The fraction of sp³-hybridized carbons (Fsp3) is 0.400. The molecule has 0 saturated heterocycles. The lowest BCUT2D eigenvalue weighted by atomic mass is 9.90. The van der Waals surface area contributed by atoms with Crippen LogP contribution in [0.2, 0.25) is 0 Å². The van der Waals surface area contributed by atoms with E-state index < -0.39 is 11.7 Å². The lowest BCUT2D eigenvalue weighted by Crippen LogP contribution is -2.30.